The van der Waals surface area contributed by atoms with Crippen molar-refractivity contribution in [1.29, 1.82) is 0 Å². The molecule has 0 aliphatic heterocycles. The maximum absolute atomic E-state index is 12.4. The molecule has 3 rings (SSSR count). The molecule has 1 heterocycles. The standard InChI is InChI=1S/C19H18Cl2N4OS/c1-12(18(26)22-11-14-5-3-4-6-16(14)21)27-19-24-23-17(25(19)2)13-7-9-15(20)10-8-13/h3-10,12H,11H2,1-2H3,(H,22,26). The monoisotopic (exact) mass is 420 g/mol. The number of carbonyl (C=O) groups excluding carboxylic acids is 1. The van der Waals surface area contributed by atoms with Crippen LogP contribution in [0.15, 0.2) is 53.7 Å². The van der Waals surface area contributed by atoms with Crippen molar-refractivity contribution in [2.45, 2.75) is 23.9 Å². The molecule has 1 amide bonds. The zero-order valence-corrected chi connectivity index (χ0v) is 17.1. The highest BCUT2D eigenvalue weighted by molar-refractivity contribution is 8.00. The van der Waals surface area contributed by atoms with E-state index in [-0.39, 0.29) is 11.2 Å². The SMILES string of the molecule is CC(Sc1nnc(-c2ccc(Cl)cc2)n1C)C(=O)NCc1ccccc1Cl. The first-order chi connectivity index (χ1) is 13.0. The molecule has 0 spiro atoms. The molecule has 0 aliphatic rings. The third-order valence-corrected chi connectivity index (χ3v) is 5.75. The van der Waals surface area contributed by atoms with Gasteiger partial charge in [0.15, 0.2) is 11.0 Å². The molecule has 27 heavy (non-hydrogen) atoms. The maximum Gasteiger partial charge on any atom is 0.233 e. The molecule has 2 aromatic carbocycles. The van der Waals surface area contributed by atoms with E-state index in [4.69, 9.17) is 23.2 Å². The summed E-state index contributed by atoms with van der Waals surface area (Å²) >= 11 is 13.4. The smallest absolute Gasteiger partial charge is 0.233 e. The average molecular weight is 421 g/mol. The Hall–Kier alpha value is -2.02. The van der Waals surface area contributed by atoms with E-state index in [2.05, 4.69) is 15.5 Å². The summed E-state index contributed by atoms with van der Waals surface area (Å²) in [6.07, 6.45) is 0. The van der Waals surface area contributed by atoms with Crippen LogP contribution in [0.4, 0.5) is 0 Å². The summed E-state index contributed by atoms with van der Waals surface area (Å²) < 4.78 is 1.87. The van der Waals surface area contributed by atoms with Gasteiger partial charge in [-0.15, -0.1) is 10.2 Å². The van der Waals surface area contributed by atoms with Gasteiger partial charge in [-0.2, -0.15) is 0 Å². The van der Waals surface area contributed by atoms with Gasteiger partial charge in [0, 0.05) is 29.2 Å². The minimum Gasteiger partial charge on any atom is -0.351 e. The summed E-state index contributed by atoms with van der Waals surface area (Å²) in [5.41, 5.74) is 1.80. The van der Waals surface area contributed by atoms with Crippen LogP contribution in [0.2, 0.25) is 10.0 Å². The van der Waals surface area contributed by atoms with Crippen LogP contribution in [0, 0.1) is 0 Å². The van der Waals surface area contributed by atoms with Crippen LogP contribution in [0.3, 0.4) is 0 Å². The fraction of sp³-hybridized carbons (Fsp3) is 0.211. The van der Waals surface area contributed by atoms with Crippen LogP contribution >= 0.6 is 35.0 Å². The van der Waals surface area contributed by atoms with Crippen LogP contribution in [-0.2, 0) is 18.4 Å². The fourth-order valence-electron chi connectivity index (χ4n) is 2.45. The van der Waals surface area contributed by atoms with Gasteiger partial charge in [0.1, 0.15) is 0 Å². The van der Waals surface area contributed by atoms with Gasteiger partial charge in [-0.05, 0) is 42.8 Å². The number of nitrogens with zero attached hydrogens (tertiary/aromatic N) is 3. The number of thioether (sulfide) groups is 1. The molecule has 0 radical (unpaired) electrons. The molecule has 1 N–H and O–H groups in total. The van der Waals surface area contributed by atoms with Crippen molar-refractivity contribution in [1.82, 2.24) is 20.1 Å². The van der Waals surface area contributed by atoms with Crippen LogP contribution in [0.25, 0.3) is 11.4 Å². The van der Waals surface area contributed by atoms with Crippen molar-refractivity contribution in [3.8, 4) is 11.4 Å². The van der Waals surface area contributed by atoms with Crippen molar-refractivity contribution in [3.63, 3.8) is 0 Å². The zero-order valence-electron chi connectivity index (χ0n) is 14.8. The predicted octanol–water partition coefficient (Wildman–Crippen LogP) is 4.59. The molecule has 1 atom stereocenters. The summed E-state index contributed by atoms with van der Waals surface area (Å²) in [6.45, 7) is 2.22. The number of nitrogens with one attached hydrogen (secondary N) is 1. The minimum atomic E-state index is -0.326. The van der Waals surface area contributed by atoms with Crippen LogP contribution in [0.1, 0.15) is 12.5 Å². The van der Waals surface area contributed by atoms with Gasteiger partial charge in [-0.1, -0.05) is 53.2 Å². The lowest BCUT2D eigenvalue weighted by Gasteiger charge is -2.12. The van der Waals surface area contributed by atoms with E-state index in [9.17, 15) is 4.79 Å². The second-order valence-electron chi connectivity index (χ2n) is 5.94. The van der Waals surface area contributed by atoms with Gasteiger partial charge in [0.2, 0.25) is 5.91 Å². The van der Waals surface area contributed by atoms with Crippen LogP contribution < -0.4 is 5.32 Å². The topological polar surface area (TPSA) is 59.8 Å². The second kappa shape index (κ2) is 8.78. The second-order valence-corrected chi connectivity index (χ2v) is 8.09. The first-order valence-corrected chi connectivity index (χ1v) is 9.92. The third kappa shape index (κ3) is 4.83. The summed E-state index contributed by atoms with van der Waals surface area (Å²) in [5, 5.41) is 13.0. The average Bonchev–Trinajstić information content (AvgIpc) is 3.02. The molecule has 0 aliphatic carbocycles. The number of aromatic nitrogens is 3. The lowest BCUT2D eigenvalue weighted by atomic mass is 10.2. The van der Waals surface area contributed by atoms with Crippen LogP contribution in [0.5, 0.6) is 0 Å². The molecule has 1 unspecified atom stereocenters. The molecule has 0 bridgehead atoms. The zero-order chi connectivity index (χ0) is 19.4. The number of benzene rings is 2. The summed E-state index contributed by atoms with van der Waals surface area (Å²) in [5.74, 6) is 0.633. The Kier molecular flexibility index (Phi) is 6.42. The van der Waals surface area contributed by atoms with Gasteiger partial charge < -0.3 is 9.88 Å². The van der Waals surface area contributed by atoms with Crippen molar-refractivity contribution in [3.05, 3.63) is 64.1 Å². The molecule has 0 fully saturated rings. The van der Waals surface area contributed by atoms with E-state index >= 15 is 0 Å². The van der Waals surface area contributed by atoms with E-state index in [1.54, 1.807) is 6.07 Å². The van der Waals surface area contributed by atoms with Crippen molar-refractivity contribution in [2.75, 3.05) is 0 Å². The van der Waals surface area contributed by atoms with E-state index < -0.39 is 0 Å². The number of carbonyl (C=O) groups is 1. The Morgan fingerprint density at radius 1 is 1.15 bits per heavy atom. The maximum atomic E-state index is 12.4. The number of hydrogen-bond acceptors (Lipinski definition) is 4. The molecule has 8 heteroatoms. The Labute approximate surface area is 172 Å². The number of amides is 1. The molecule has 1 aromatic heterocycles. The van der Waals surface area contributed by atoms with Gasteiger partial charge in [0.05, 0.1) is 5.25 Å². The third-order valence-electron chi connectivity index (χ3n) is 4.00. The van der Waals surface area contributed by atoms with Crippen molar-refractivity contribution < 1.29 is 4.79 Å². The number of halogens is 2. The highest BCUT2D eigenvalue weighted by atomic mass is 35.5. The highest BCUT2D eigenvalue weighted by Gasteiger charge is 2.19. The molecular weight excluding hydrogens is 403 g/mol. The van der Waals surface area contributed by atoms with Gasteiger partial charge in [-0.3, -0.25) is 4.79 Å². The van der Waals surface area contributed by atoms with E-state index in [1.165, 1.54) is 11.8 Å². The van der Waals surface area contributed by atoms with Gasteiger partial charge in [0.25, 0.3) is 0 Å². The van der Waals surface area contributed by atoms with Crippen LogP contribution in [-0.4, -0.2) is 25.9 Å². The summed E-state index contributed by atoms with van der Waals surface area (Å²) in [6, 6.07) is 14.8. The van der Waals surface area contributed by atoms with E-state index in [0.717, 1.165) is 17.0 Å². The van der Waals surface area contributed by atoms with E-state index in [0.29, 0.717) is 21.7 Å². The van der Waals surface area contributed by atoms with Crippen molar-refractivity contribution >= 4 is 40.9 Å². The normalized spacial score (nSPS) is 12.0. The summed E-state index contributed by atoms with van der Waals surface area (Å²) in [4.78, 5) is 12.4. The molecule has 3 aromatic rings. The van der Waals surface area contributed by atoms with Crippen molar-refractivity contribution in [2.24, 2.45) is 7.05 Å². The minimum absolute atomic E-state index is 0.0871. The lowest BCUT2D eigenvalue weighted by molar-refractivity contribution is -0.120. The van der Waals surface area contributed by atoms with Gasteiger partial charge in [-0.25, -0.2) is 0 Å². The predicted molar refractivity (Wildman–Crippen MR) is 110 cm³/mol. The Morgan fingerprint density at radius 2 is 1.85 bits per heavy atom. The molecule has 140 valence electrons. The molecule has 0 saturated heterocycles. The summed E-state index contributed by atoms with van der Waals surface area (Å²) in [7, 11) is 1.88. The first-order valence-electron chi connectivity index (χ1n) is 8.29. The van der Waals surface area contributed by atoms with Gasteiger partial charge >= 0.3 is 0 Å². The molecule has 0 saturated carbocycles. The highest BCUT2D eigenvalue weighted by Crippen LogP contribution is 2.26. The molecular formula is C19H18Cl2N4OS. The Morgan fingerprint density at radius 3 is 2.56 bits per heavy atom. The fourth-order valence-corrected chi connectivity index (χ4v) is 3.62. The lowest BCUT2D eigenvalue weighted by Crippen LogP contribution is -2.30. The Balaban J connectivity index is 1.64. The first kappa shape index (κ1) is 19.7. The quantitative estimate of drug-likeness (QED) is 0.592. The molecule has 5 nitrogen and oxygen atoms in total. The van der Waals surface area contributed by atoms with E-state index in [1.807, 2.05) is 61.0 Å². The Bertz CT molecular complexity index is 943. The number of hydrogen-bond donors (Lipinski definition) is 1. The largest absolute Gasteiger partial charge is 0.351 e. The number of rotatable bonds is 6.